The molecule has 25 heavy (non-hydrogen) atoms. The van der Waals surface area contributed by atoms with Gasteiger partial charge in [-0.1, -0.05) is 59.7 Å². The minimum atomic E-state index is 0.430. The smallest absolute Gasteiger partial charge is 0.244 e. The van der Waals surface area contributed by atoms with E-state index in [1.807, 2.05) is 0 Å². The monoisotopic (exact) mass is 341 g/mol. The molecule has 2 N–H and O–H groups in total. The van der Waals surface area contributed by atoms with Crippen LogP contribution in [0.5, 0.6) is 0 Å². The van der Waals surface area contributed by atoms with Crippen LogP contribution in [0.3, 0.4) is 0 Å². The second-order valence-electron chi connectivity index (χ2n) is 7.52. The van der Waals surface area contributed by atoms with Crippen LogP contribution in [0.25, 0.3) is 0 Å². The molecule has 0 bridgehead atoms. The predicted octanol–water partition coefficient (Wildman–Crippen LogP) is 5.32. The van der Waals surface area contributed by atoms with Crippen LogP contribution in [0.4, 0.5) is 17.5 Å². The number of hydrogen-bond donors (Lipinski definition) is 2. The molecule has 2 rings (SSSR count). The van der Waals surface area contributed by atoms with Gasteiger partial charge >= 0.3 is 0 Å². The maximum absolute atomic E-state index is 4.57. The molecule has 136 valence electrons. The molecule has 1 aromatic heterocycles. The molecule has 5 nitrogen and oxygen atoms in total. The Morgan fingerprint density at radius 2 is 1.60 bits per heavy atom. The highest BCUT2D eigenvalue weighted by molar-refractivity contribution is 5.66. The minimum Gasteiger partial charge on any atom is -0.353 e. The highest BCUT2D eigenvalue weighted by atomic mass is 15.3. The normalized spacial score (nSPS) is 11.4. The molecule has 1 aromatic carbocycles. The second kappa shape index (κ2) is 8.79. The Bertz CT molecular complexity index is 653. The predicted molar refractivity (Wildman–Crippen MR) is 106 cm³/mol. The van der Waals surface area contributed by atoms with Gasteiger partial charge in [0, 0.05) is 12.2 Å². The van der Waals surface area contributed by atoms with Crippen molar-refractivity contribution in [2.45, 2.75) is 59.8 Å². The van der Waals surface area contributed by atoms with Crippen LogP contribution in [0, 0.1) is 5.92 Å². The number of para-hydroxylation sites is 1. The number of anilines is 3. The van der Waals surface area contributed by atoms with Gasteiger partial charge in [0.15, 0.2) is 5.82 Å². The van der Waals surface area contributed by atoms with Crippen molar-refractivity contribution in [1.82, 2.24) is 15.2 Å². The van der Waals surface area contributed by atoms with E-state index in [2.05, 4.69) is 85.6 Å². The summed E-state index contributed by atoms with van der Waals surface area (Å²) in [7, 11) is 0. The Balaban J connectivity index is 2.24. The van der Waals surface area contributed by atoms with E-state index in [1.165, 1.54) is 11.1 Å². The first-order valence-electron chi connectivity index (χ1n) is 9.21. The van der Waals surface area contributed by atoms with Crippen molar-refractivity contribution in [3.05, 3.63) is 35.5 Å². The maximum atomic E-state index is 4.57. The van der Waals surface area contributed by atoms with Crippen LogP contribution >= 0.6 is 0 Å². The fourth-order valence-electron chi connectivity index (χ4n) is 2.73. The summed E-state index contributed by atoms with van der Waals surface area (Å²) in [6, 6.07) is 6.48. The maximum Gasteiger partial charge on any atom is 0.244 e. The molecule has 2 aromatic rings. The number of hydrogen-bond acceptors (Lipinski definition) is 5. The molecular weight excluding hydrogens is 310 g/mol. The van der Waals surface area contributed by atoms with E-state index in [0.717, 1.165) is 24.5 Å². The van der Waals surface area contributed by atoms with Gasteiger partial charge in [-0.15, -0.1) is 5.10 Å². The molecule has 0 amide bonds. The van der Waals surface area contributed by atoms with Gasteiger partial charge in [-0.3, -0.25) is 0 Å². The zero-order valence-electron chi connectivity index (χ0n) is 16.3. The summed E-state index contributed by atoms with van der Waals surface area (Å²) in [5.74, 6) is 2.79. The van der Waals surface area contributed by atoms with Crippen LogP contribution < -0.4 is 10.6 Å². The Labute approximate surface area is 151 Å². The van der Waals surface area contributed by atoms with Gasteiger partial charge in [-0.2, -0.15) is 10.1 Å². The van der Waals surface area contributed by atoms with Gasteiger partial charge in [-0.25, -0.2) is 0 Å². The van der Waals surface area contributed by atoms with E-state index in [4.69, 9.17) is 0 Å². The van der Waals surface area contributed by atoms with Gasteiger partial charge < -0.3 is 10.6 Å². The van der Waals surface area contributed by atoms with E-state index in [-0.39, 0.29) is 0 Å². The molecule has 0 saturated heterocycles. The van der Waals surface area contributed by atoms with Crippen LogP contribution in [0.15, 0.2) is 24.4 Å². The van der Waals surface area contributed by atoms with Crippen molar-refractivity contribution in [3.63, 3.8) is 0 Å². The van der Waals surface area contributed by atoms with Gasteiger partial charge in [0.1, 0.15) is 0 Å². The zero-order valence-corrected chi connectivity index (χ0v) is 16.3. The molecule has 0 spiro atoms. The lowest BCUT2D eigenvalue weighted by molar-refractivity contribution is 0.605. The van der Waals surface area contributed by atoms with E-state index < -0.39 is 0 Å². The molecule has 0 saturated carbocycles. The first-order valence-corrected chi connectivity index (χ1v) is 9.21. The van der Waals surface area contributed by atoms with Crippen molar-refractivity contribution in [2.75, 3.05) is 17.2 Å². The number of aromatic nitrogens is 3. The highest BCUT2D eigenvalue weighted by Gasteiger charge is 2.14. The molecule has 0 radical (unpaired) electrons. The highest BCUT2D eigenvalue weighted by Crippen LogP contribution is 2.34. The molecule has 0 aliphatic heterocycles. The van der Waals surface area contributed by atoms with Crippen LogP contribution in [-0.4, -0.2) is 21.7 Å². The van der Waals surface area contributed by atoms with E-state index >= 15 is 0 Å². The topological polar surface area (TPSA) is 62.7 Å². The Kier molecular flexibility index (Phi) is 6.73. The summed E-state index contributed by atoms with van der Waals surface area (Å²) in [4.78, 5) is 4.57. The van der Waals surface area contributed by atoms with E-state index in [9.17, 15) is 0 Å². The van der Waals surface area contributed by atoms with Crippen molar-refractivity contribution in [3.8, 4) is 0 Å². The van der Waals surface area contributed by atoms with Gasteiger partial charge in [0.2, 0.25) is 5.95 Å². The van der Waals surface area contributed by atoms with Crippen LogP contribution in [-0.2, 0) is 0 Å². The average Bonchev–Trinajstić information content (AvgIpc) is 2.54. The standard InChI is InChI=1S/C20H31N5/c1-13(2)10-11-21-20-24-18(12-22-25-20)23-19-16(14(3)4)8-7-9-17(19)15(5)6/h7-9,12-15H,10-11H2,1-6H3,(H2,21,23,24,25). The van der Waals surface area contributed by atoms with Crippen molar-refractivity contribution in [1.29, 1.82) is 0 Å². The molecule has 5 heteroatoms. The molecule has 0 atom stereocenters. The van der Waals surface area contributed by atoms with Gasteiger partial charge in [-0.05, 0) is 35.3 Å². The SMILES string of the molecule is CC(C)CCNc1nncc(Nc2c(C(C)C)cccc2C(C)C)n1. The number of benzene rings is 1. The van der Waals surface area contributed by atoms with Crippen molar-refractivity contribution >= 4 is 17.5 Å². The quantitative estimate of drug-likeness (QED) is 0.680. The molecule has 0 fully saturated rings. The first kappa shape index (κ1) is 19.2. The lowest BCUT2D eigenvalue weighted by atomic mass is 9.92. The fourth-order valence-corrected chi connectivity index (χ4v) is 2.73. The summed E-state index contributed by atoms with van der Waals surface area (Å²) in [6.07, 6.45) is 2.75. The molecule has 0 unspecified atom stereocenters. The summed E-state index contributed by atoms with van der Waals surface area (Å²) < 4.78 is 0. The van der Waals surface area contributed by atoms with Gasteiger partial charge in [0.25, 0.3) is 0 Å². The Morgan fingerprint density at radius 1 is 0.960 bits per heavy atom. The summed E-state index contributed by atoms with van der Waals surface area (Å²) >= 11 is 0. The molecule has 0 aliphatic rings. The second-order valence-corrected chi connectivity index (χ2v) is 7.52. The number of nitrogens with zero attached hydrogens (tertiary/aromatic N) is 3. The Morgan fingerprint density at radius 3 is 2.16 bits per heavy atom. The molecule has 0 aliphatic carbocycles. The molecule has 1 heterocycles. The Hall–Kier alpha value is -2.17. The first-order chi connectivity index (χ1) is 11.9. The fraction of sp³-hybridized carbons (Fsp3) is 0.550. The number of nitrogens with one attached hydrogen (secondary N) is 2. The summed E-state index contributed by atoms with van der Waals surface area (Å²) in [5.41, 5.74) is 3.72. The number of rotatable bonds is 8. The zero-order chi connectivity index (χ0) is 18.4. The lowest BCUT2D eigenvalue weighted by Gasteiger charge is -2.20. The molecular formula is C20H31N5. The van der Waals surface area contributed by atoms with Crippen molar-refractivity contribution < 1.29 is 0 Å². The van der Waals surface area contributed by atoms with E-state index in [1.54, 1.807) is 6.20 Å². The van der Waals surface area contributed by atoms with Crippen LogP contribution in [0.1, 0.15) is 70.9 Å². The van der Waals surface area contributed by atoms with Gasteiger partial charge in [0.05, 0.1) is 6.20 Å². The largest absolute Gasteiger partial charge is 0.353 e. The lowest BCUT2D eigenvalue weighted by Crippen LogP contribution is -2.10. The average molecular weight is 342 g/mol. The van der Waals surface area contributed by atoms with Crippen LogP contribution in [0.2, 0.25) is 0 Å². The minimum absolute atomic E-state index is 0.430. The third-order valence-corrected chi connectivity index (χ3v) is 4.19. The van der Waals surface area contributed by atoms with E-state index in [0.29, 0.717) is 23.7 Å². The third-order valence-electron chi connectivity index (χ3n) is 4.19. The summed E-state index contributed by atoms with van der Waals surface area (Å²) in [6.45, 7) is 14.1. The third kappa shape index (κ3) is 5.41. The summed E-state index contributed by atoms with van der Waals surface area (Å²) in [5, 5.41) is 14.9. The van der Waals surface area contributed by atoms with Crippen molar-refractivity contribution in [2.24, 2.45) is 5.92 Å².